The first-order valence-corrected chi connectivity index (χ1v) is 5.86. The van der Waals surface area contributed by atoms with Gasteiger partial charge < -0.3 is 15.4 Å². The van der Waals surface area contributed by atoms with E-state index in [0.29, 0.717) is 0 Å². The molecule has 3 nitrogen and oxygen atoms in total. The molecule has 1 aromatic carbocycles. The molecule has 1 rings (SSSR count). The quantitative estimate of drug-likeness (QED) is 0.750. The van der Waals surface area contributed by atoms with Crippen LogP contribution in [-0.2, 0) is 6.42 Å². The van der Waals surface area contributed by atoms with Gasteiger partial charge in [0.25, 0.3) is 0 Å². The summed E-state index contributed by atoms with van der Waals surface area (Å²) >= 11 is 0. The summed E-state index contributed by atoms with van der Waals surface area (Å²) in [5.74, 6) is 0.823. The van der Waals surface area contributed by atoms with Crippen LogP contribution in [0, 0.1) is 0 Å². The Morgan fingerprint density at radius 2 is 1.94 bits per heavy atom. The highest BCUT2D eigenvalue weighted by Crippen LogP contribution is 2.20. The first kappa shape index (κ1) is 12.8. The third-order valence-electron chi connectivity index (χ3n) is 2.94. The number of benzene rings is 1. The number of anilines is 1. The minimum atomic E-state index is 0.823. The maximum Gasteiger partial charge on any atom is 0.120 e. The van der Waals surface area contributed by atoms with Crippen molar-refractivity contribution in [2.45, 2.75) is 20.3 Å². The van der Waals surface area contributed by atoms with Crippen molar-refractivity contribution in [3.05, 3.63) is 23.8 Å². The fourth-order valence-corrected chi connectivity index (χ4v) is 1.75. The first-order chi connectivity index (χ1) is 7.71. The minimum Gasteiger partial charge on any atom is -0.497 e. The highest BCUT2D eigenvalue weighted by molar-refractivity contribution is 5.51. The summed E-state index contributed by atoms with van der Waals surface area (Å²) in [5.41, 5.74) is 7.99. The van der Waals surface area contributed by atoms with Gasteiger partial charge in [0.05, 0.1) is 7.11 Å². The topological polar surface area (TPSA) is 38.5 Å². The van der Waals surface area contributed by atoms with E-state index in [0.717, 1.165) is 37.5 Å². The lowest BCUT2D eigenvalue weighted by molar-refractivity contribution is 0.308. The minimum absolute atomic E-state index is 0.823. The van der Waals surface area contributed by atoms with E-state index < -0.39 is 0 Å². The monoisotopic (exact) mass is 222 g/mol. The number of methoxy groups -OCH3 is 1. The Labute approximate surface area is 98.2 Å². The van der Waals surface area contributed by atoms with Crippen LogP contribution in [0.25, 0.3) is 0 Å². The van der Waals surface area contributed by atoms with E-state index in [9.17, 15) is 0 Å². The van der Waals surface area contributed by atoms with E-state index in [-0.39, 0.29) is 0 Å². The van der Waals surface area contributed by atoms with Gasteiger partial charge in [-0.2, -0.15) is 0 Å². The molecule has 90 valence electrons. The van der Waals surface area contributed by atoms with E-state index in [1.54, 1.807) is 7.11 Å². The fraction of sp³-hybridized carbons (Fsp3) is 0.538. The summed E-state index contributed by atoms with van der Waals surface area (Å²) in [6.07, 6.45) is 0.998. The molecule has 0 aliphatic rings. The zero-order chi connectivity index (χ0) is 12.0. The van der Waals surface area contributed by atoms with E-state index in [4.69, 9.17) is 10.5 Å². The molecule has 0 amide bonds. The number of nitrogens with zero attached hydrogens (tertiary/aromatic N) is 1. The van der Waals surface area contributed by atoms with E-state index in [2.05, 4.69) is 24.8 Å². The van der Waals surface area contributed by atoms with Gasteiger partial charge in [-0.15, -0.1) is 0 Å². The van der Waals surface area contributed by atoms with Crippen LogP contribution in [0.15, 0.2) is 18.2 Å². The Bertz CT molecular complexity index is 322. The Balaban J connectivity index is 2.60. The Hall–Kier alpha value is -1.22. The zero-order valence-electron chi connectivity index (χ0n) is 10.5. The average Bonchev–Trinajstić information content (AvgIpc) is 2.32. The van der Waals surface area contributed by atoms with Crippen molar-refractivity contribution >= 4 is 5.69 Å². The second-order valence-electron chi connectivity index (χ2n) is 3.84. The Morgan fingerprint density at radius 3 is 2.44 bits per heavy atom. The summed E-state index contributed by atoms with van der Waals surface area (Å²) in [7, 11) is 1.66. The van der Waals surface area contributed by atoms with Gasteiger partial charge in [0.15, 0.2) is 0 Å². The lowest BCUT2D eigenvalue weighted by atomic mass is 10.1. The van der Waals surface area contributed by atoms with E-state index in [1.165, 1.54) is 5.56 Å². The normalized spacial score (nSPS) is 10.8. The number of rotatable bonds is 6. The predicted octanol–water partition coefficient (Wildman–Crippen LogP) is 2.16. The van der Waals surface area contributed by atoms with Crippen molar-refractivity contribution in [2.75, 3.05) is 32.5 Å². The van der Waals surface area contributed by atoms with Crippen molar-refractivity contribution in [3.8, 4) is 5.75 Å². The van der Waals surface area contributed by atoms with Gasteiger partial charge in [-0.25, -0.2) is 0 Å². The molecule has 2 N–H and O–H groups in total. The number of likely N-dealkylation sites (N-methyl/N-ethyl adjacent to an activating group) is 1. The molecular weight excluding hydrogens is 200 g/mol. The van der Waals surface area contributed by atoms with Crippen LogP contribution in [-0.4, -0.2) is 31.6 Å². The number of hydrogen-bond acceptors (Lipinski definition) is 3. The molecule has 0 atom stereocenters. The van der Waals surface area contributed by atoms with Crippen molar-refractivity contribution in [1.29, 1.82) is 0 Å². The molecular formula is C13H22N2O. The van der Waals surface area contributed by atoms with Gasteiger partial charge >= 0.3 is 0 Å². The molecule has 0 aliphatic heterocycles. The second-order valence-corrected chi connectivity index (χ2v) is 3.84. The molecule has 0 aromatic heterocycles. The molecule has 0 radical (unpaired) electrons. The number of nitrogens with two attached hydrogens (primary N) is 1. The SMILES string of the molecule is CCN(CC)CCc1ccc(OC)cc1N. The molecule has 3 heteroatoms. The average molecular weight is 222 g/mol. The largest absolute Gasteiger partial charge is 0.497 e. The van der Waals surface area contributed by atoms with Gasteiger partial charge in [0.2, 0.25) is 0 Å². The van der Waals surface area contributed by atoms with Crippen LogP contribution in [0.5, 0.6) is 5.75 Å². The lowest BCUT2D eigenvalue weighted by Crippen LogP contribution is -2.25. The van der Waals surface area contributed by atoms with Crippen LogP contribution in [0.2, 0.25) is 0 Å². The molecule has 0 bridgehead atoms. The van der Waals surface area contributed by atoms with Gasteiger partial charge in [-0.3, -0.25) is 0 Å². The van der Waals surface area contributed by atoms with Crippen LogP contribution >= 0.6 is 0 Å². The lowest BCUT2D eigenvalue weighted by Gasteiger charge is -2.18. The highest BCUT2D eigenvalue weighted by atomic mass is 16.5. The number of hydrogen-bond donors (Lipinski definition) is 1. The van der Waals surface area contributed by atoms with Crippen LogP contribution < -0.4 is 10.5 Å². The Morgan fingerprint density at radius 1 is 1.25 bits per heavy atom. The summed E-state index contributed by atoms with van der Waals surface area (Å²) in [6, 6.07) is 5.91. The van der Waals surface area contributed by atoms with E-state index >= 15 is 0 Å². The third kappa shape index (κ3) is 3.42. The summed E-state index contributed by atoms with van der Waals surface area (Å²) in [5, 5.41) is 0. The smallest absolute Gasteiger partial charge is 0.120 e. The van der Waals surface area contributed by atoms with Crippen molar-refractivity contribution in [3.63, 3.8) is 0 Å². The molecule has 0 heterocycles. The van der Waals surface area contributed by atoms with Crippen LogP contribution in [0.1, 0.15) is 19.4 Å². The first-order valence-electron chi connectivity index (χ1n) is 5.86. The molecule has 0 fully saturated rings. The third-order valence-corrected chi connectivity index (χ3v) is 2.94. The fourth-order valence-electron chi connectivity index (χ4n) is 1.75. The summed E-state index contributed by atoms with van der Waals surface area (Å²) < 4.78 is 5.13. The second kappa shape index (κ2) is 6.38. The maximum atomic E-state index is 5.97. The summed E-state index contributed by atoms with van der Waals surface area (Å²) in [6.45, 7) is 7.60. The van der Waals surface area contributed by atoms with Crippen LogP contribution in [0.3, 0.4) is 0 Å². The maximum absolute atomic E-state index is 5.97. The molecule has 0 saturated heterocycles. The molecule has 1 aromatic rings. The van der Waals surface area contributed by atoms with Crippen molar-refractivity contribution in [1.82, 2.24) is 4.90 Å². The van der Waals surface area contributed by atoms with E-state index in [1.807, 2.05) is 12.1 Å². The number of nitrogen functional groups attached to an aromatic ring is 1. The summed E-state index contributed by atoms with van der Waals surface area (Å²) in [4.78, 5) is 2.39. The standard InChI is InChI=1S/C13H22N2O/c1-4-15(5-2)9-8-11-6-7-12(16-3)10-13(11)14/h6-7,10H,4-5,8-9,14H2,1-3H3. The molecule has 0 spiro atoms. The number of ether oxygens (including phenoxy) is 1. The molecule has 16 heavy (non-hydrogen) atoms. The van der Waals surface area contributed by atoms with Crippen LogP contribution in [0.4, 0.5) is 5.69 Å². The highest BCUT2D eigenvalue weighted by Gasteiger charge is 2.04. The van der Waals surface area contributed by atoms with Crippen molar-refractivity contribution in [2.24, 2.45) is 0 Å². The van der Waals surface area contributed by atoms with Gasteiger partial charge in [-0.05, 0) is 31.1 Å². The van der Waals surface area contributed by atoms with Gasteiger partial charge in [0, 0.05) is 18.3 Å². The molecule has 0 aliphatic carbocycles. The predicted molar refractivity (Wildman–Crippen MR) is 68.9 cm³/mol. The van der Waals surface area contributed by atoms with Gasteiger partial charge in [-0.1, -0.05) is 19.9 Å². The Kier molecular flexibility index (Phi) is 5.12. The molecule has 0 unspecified atom stereocenters. The zero-order valence-corrected chi connectivity index (χ0v) is 10.5. The van der Waals surface area contributed by atoms with Gasteiger partial charge in [0.1, 0.15) is 5.75 Å². The van der Waals surface area contributed by atoms with Crippen molar-refractivity contribution < 1.29 is 4.74 Å². The molecule has 0 saturated carbocycles.